The van der Waals surface area contributed by atoms with Crippen LogP contribution in [0.3, 0.4) is 0 Å². The van der Waals surface area contributed by atoms with Crippen molar-refractivity contribution in [3.63, 3.8) is 0 Å². The Morgan fingerprint density at radius 1 is 1.11 bits per heavy atom. The second-order valence-electron chi connectivity index (χ2n) is 5.27. The van der Waals surface area contributed by atoms with Crippen LogP contribution in [0.15, 0.2) is 48.5 Å². The largest absolute Gasteiger partial charge is 0.495 e. The first-order valence-electron chi connectivity index (χ1n) is 7.67. The number of carbonyl (C=O) groups is 1. The molecule has 28 heavy (non-hydrogen) atoms. The van der Waals surface area contributed by atoms with Crippen LogP contribution in [0.1, 0.15) is 5.56 Å². The number of methoxy groups -OCH3 is 1. The Morgan fingerprint density at radius 3 is 2.43 bits per heavy atom. The van der Waals surface area contributed by atoms with Crippen molar-refractivity contribution < 1.29 is 19.4 Å². The van der Waals surface area contributed by atoms with Gasteiger partial charge in [-0.05, 0) is 29.9 Å². The van der Waals surface area contributed by atoms with Gasteiger partial charge >= 0.3 is 0 Å². The summed E-state index contributed by atoms with van der Waals surface area (Å²) in [7, 11) is 1.38. The van der Waals surface area contributed by atoms with E-state index in [9.17, 15) is 25.0 Å². The van der Waals surface area contributed by atoms with Gasteiger partial charge in [0.1, 0.15) is 5.75 Å². The number of non-ortho nitro benzene ring substituents is 2. The summed E-state index contributed by atoms with van der Waals surface area (Å²) >= 11 is 5.02. The molecule has 144 valence electrons. The van der Waals surface area contributed by atoms with Crippen LogP contribution in [0.4, 0.5) is 17.1 Å². The fraction of sp³-hybridized carbons (Fsp3) is 0.0588. The summed E-state index contributed by atoms with van der Waals surface area (Å²) in [5, 5.41) is 26.6. The SMILES string of the molecule is COc1ccc([N+](=O)[O-])cc1NC(=S)NC(=O)/C=C/c1cccc([N+](=O)[O-])c1. The van der Waals surface area contributed by atoms with Crippen LogP contribution in [0.25, 0.3) is 6.08 Å². The van der Waals surface area contributed by atoms with Gasteiger partial charge < -0.3 is 10.1 Å². The van der Waals surface area contributed by atoms with Gasteiger partial charge in [-0.1, -0.05) is 12.1 Å². The van der Waals surface area contributed by atoms with Crippen LogP contribution in [-0.2, 0) is 4.79 Å². The van der Waals surface area contributed by atoms with Gasteiger partial charge in [0.25, 0.3) is 11.4 Å². The van der Waals surface area contributed by atoms with Gasteiger partial charge in [-0.3, -0.25) is 30.3 Å². The molecule has 0 aliphatic heterocycles. The molecule has 0 heterocycles. The fourth-order valence-corrected chi connectivity index (χ4v) is 2.34. The van der Waals surface area contributed by atoms with Crippen molar-refractivity contribution in [1.82, 2.24) is 5.32 Å². The first kappa shape index (κ1) is 20.5. The third-order valence-corrected chi connectivity index (χ3v) is 3.59. The van der Waals surface area contributed by atoms with Crippen molar-refractivity contribution in [2.75, 3.05) is 12.4 Å². The molecule has 0 aromatic heterocycles. The summed E-state index contributed by atoms with van der Waals surface area (Å²) in [5.74, 6) is -0.289. The molecule has 0 unspecified atom stereocenters. The maximum absolute atomic E-state index is 12.0. The highest BCUT2D eigenvalue weighted by atomic mass is 32.1. The van der Waals surface area contributed by atoms with Gasteiger partial charge in [0.05, 0.1) is 22.6 Å². The Bertz CT molecular complexity index is 976. The lowest BCUT2D eigenvalue weighted by Gasteiger charge is -2.11. The number of anilines is 1. The van der Waals surface area contributed by atoms with Gasteiger partial charge in [0.15, 0.2) is 5.11 Å². The number of amides is 1. The molecule has 0 aliphatic rings. The Kier molecular flexibility index (Phi) is 6.71. The van der Waals surface area contributed by atoms with E-state index in [4.69, 9.17) is 17.0 Å². The molecule has 0 aliphatic carbocycles. The van der Waals surface area contributed by atoms with Crippen LogP contribution in [-0.4, -0.2) is 28.0 Å². The number of benzene rings is 2. The monoisotopic (exact) mass is 402 g/mol. The summed E-state index contributed by atoms with van der Waals surface area (Å²) in [6.07, 6.45) is 2.54. The smallest absolute Gasteiger partial charge is 0.271 e. The first-order valence-corrected chi connectivity index (χ1v) is 8.08. The van der Waals surface area contributed by atoms with Crippen LogP contribution >= 0.6 is 12.2 Å². The quantitative estimate of drug-likeness (QED) is 0.326. The molecule has 11 heteroatoms. The average molecular weight is 402 g/mol. The number of nitro benzene ring substituents is 2. The van der Waals surface area contributed by atoms with E-state index >= 15 is 0 Å². The number of carbonyl (C=O) groups excluding carboxylic acids is 1. The van der Waals surface area contributed by atoms with Crippen LogP contribution in [0, 0.1) is 20.2 Å². The van der Waals surface area contributed by atoms with Gasteiger partial charge in [-0.25, -0.2) is 0 Å². The minimum atomic E-state index is -0.589. The lowest BCUT2D eigenvalue weighted by molar-refractivity contribution is -0.385. The van der Waals surface area contributed by atoms with E-state index in [1.807, 2.05) is 0 Å². The molecule has 0 saturated carbocycles. The topological polar surface area (TPSA) is 137 Å². The highest BCUT2D eigenvalue weighted by Gasteiger charge is 2.13. The highest BCUT2D eigenvalue weighted by molar-refractivity contribution is 7.80. The zero-order valence-electron chi connectivity index (χ0n) is 14.4. The zero-order chi connectivity index (χ0) is 20.7. The van der Waals surface area contributed by atoms with E-state index in [0.29, 0.717) is 11.3 Å². The van der Waals surface area contributed by atoms with Crippen molar-refractivity contribution in [3.8, 4) is 5.75 Å². The lowest BCUT2D eigenvalue weighted by Crippen LogP contribution is -2.32. The molecule has 0 radical (unpaired) electrons. The zero-order valence-corrected chi connectivity index (χ0v) is 15.3. The van der Waals surface area contributed by atoms with Crippen LogP contribution in [0.2, 0.25) is 0 Å². The Morgan fingerprint density at radius 2 is 1.79 bits per heavy atom. The van der Waals surface area contributed by atoms with Gasteiger partial charge in [-0.15, -0.1) is 0 Å². The molecule has 2 N–H and O–H groups in total. The summed E-state index contributed by atoms with van der Waals surface area (Å²) in [6.45, 7) is 0. The molecule has 0 atom stereocenters. The Labute approximate surface area is 164 Å². The van der Waals surface area contributed by atoms with Crippen molar-refractivity contribution >= 4 is 46.4 Å². The first-order chi connectivity index (χ1) is 13.3. The number of rotatable bonds is 6. The molecular weight excluding hydrogens is 388 g/mol. The number of hydrogen-bond donors (Lipinski definition) is 2. The molecular formula is C17H14N4O6S. The Balaban J connectivity index is 2.04. The minimum Gasteiger partial charge on any atom is -0.495 e. The fourth-order valence-electron chi connectivity index (χ4n) is 2.13. The molecule has 2 rings (SSSR count). The minimum absolute atomic E-state index is 0.0995. The normalized spacial score (nSPS) is 10.3. The number of thiocarbonyl (C=S) groups is 1. The second-order valence-corrected chi connectivity index (χ2v) is 5.68. The van der Waals surface area contributed by atoms with Crippen molar-refractivity contribution in [3.05, 3.63) is 74.3 Å². The van der Waals surface area contributed by atoms with Crippen molar-refractivity contribution in [2.24, 2.45) is 0 Å². The van der Waals surface area contributed by atoms with E-state index in [-0.39, 0.29) is 22.2 Å². The van der Waals surface area contributed by atoms with Crippen LogP contribution in [0.5, 0.6) is 5.75 Å². The maximum atomic E-state index is 12.0. The third kappa shape index (κ3) is 5.57. The molecule has 2 aromatic carbocycles. The second kappa shape index (κ2) is 9.19. The molecule has 10 nitrogen and oxygen atoms in total. The molecule has 0 spiro atoms. The van der Waals surface area contributed by atoms with Crippen molar-refractivity contribution in [1.29, 1.82) is 0 Å². The summed E-state index contributed by atoms with van der Waals surface area (Å²) < 4.78 is 5.10. The van der Waals surface area contributed by atoms with E-state index in [1.54, 1.807) is 6.07 Å². The molecule has 0 saturated heterocycles. The highest BCUT2D eigenvalue weighted by Crippen LogP contribution is 2.28. The van der Waals surface area contributed by atoms with E-state index < -0.39 is 15.8 Å². The van der Waals surface area contributed by atoms with E-state index in [1.165, 1.54) is 49.6 Å². The third-order valence-electron chi connectivity index (χ3n) is 3.39. The number of nitrogens with one attached hydrogen (secondary N) is 2. The number of nitro groups is 2. The standard InChI is InChI=1S/C17H14N4O6S/c1-27-15-7-6-13(21(25)26)10-14(15)18-17(28)19-16(22)8-5-11-3-2-4-12(9-11)20(23)24/h2-10H,1H3,(H2,18,19,22,28)/b8-5+. The number of hydrogen-bond acceptors (Lipinski definition) is 7. The number of nitrogens with zero attached hydrogens (tertiary/aromatic N) is 2. The van der Waals surface area contributed by atoms with Crippen molar-refractivity contribution in [2.45, 2.75) is 0 Å². The lowest BCUT2D eigenvalue weighted by atomic mass is 10.2. The van der Waals surface area contributed by atoms with E-state index in [2.05, 4.69) is 10.6 Å². The molecule has 0 fully saturated rings. The number of ether oxygens (including phenoxy) is 1. The predicted molar refractivity (Wildman–Crippen MR) is 106 cm³/mol. The summed E-state index contributed by atoms with van der Waals surface area (Å²) in [4.78, 5) is 32.5. The van der Waals surface area contributed by atoms with Gasteiger partial charge in [-0.2, -0.15) is 0 Å². The van der Waals surface area contributed by atoms with Gasteiger partial charge in [0.2, 0.25) is 5.91 Å². The molecule has 0 bridgehead atoms. The predicted octanol–water partition coefficient (Wildman–Crippen LogP) is 3.04. The maximum Gasteiger partial charge on any atom is 0.271 e. The Hall–Kier alpha value is -3.86. The summed E-state index contributed by atoms with van der Waals surface area (Å²) in [6, 6.07) is 9.63. The van der Waals surface area contributed by atoms with E-state index in [0.717, 1.165) is 6.08 Å². The average Bonchev–Trinajstić information content (AvgIpc) is 2.66. The summed E-state index contributed by atoms with van der Waals surface area (Å²) in [5.41, 5.74) is 0.397. The van der Waals surface area contributed by atoms with Gasteiger partial charge in [0, 0.05) is 30.3 Å². The molecule has 2 aromatic rings. The van der Waals surface area contributed by atoms with Crippen LogP contribution < -0.4 is 15.4 Å². The molecule has 1 amide bonds.